The molecule has 0 unspecified atom stereocenters. The highest BCUT2D eigenvalue weighted by molar-refractivity contribution is 5.90. The van der Waals surface area contributed by atoms with Crippen molar-refractivity contribution in [3.05, 3.63) is 64.7 Å². The van der Waals surface area contributed by atoms with Gasteiger partial charge in [-0.25, -0.2) is 9.18 Å². The predicted molar refractivity (Wildman–Crippen MR) is 110 cm³/mol. The van der Waals surface area contributed by atoms with Gasteiger partial charge >= 0.3 is 5.97 Å². The topological polar surface area (TPSA) is 60.3 Å². The second-order valence-corrected chi connectivity index (χ2v) is 7.51. The maximum atomic E-state index is 12.9. The molecule has 1 fully saturated rings. The first kappa shape index (κ1) is 20.8. The zero-order chi connectivity index (χ0) is 21.0. The second-order valence-electron chi connectivity index (χ2n) is 7.51. The van der Waals surface area contributed by atoms with Gasteiger partial charge < -0.3 is 14.6 Å². The van der Waals surface area contributed by atoms with Crippen molar-refractivity contribution in [1.29, 1.82) is 0 Å². The fourth-order valence-corrected chi connectivity index (χ4v) is 3.42. The van der Waals surface area contributed by atoms with Crippen molar-refractivity contribution in [2.45, 2.75) is 52.2 Å². The maximum absolute atomic E-state index is 12.9. The molecule has 0 radical (unpaired) electrons. The number of aryl methyl sites for hydroxylation is 1. The molecule has 0 bridgehead atoms. The Balaban J connectivity index is 1.45. The van der Waals surface area contributed by atoms with Crippen LogP contribution in [0.3, 0.4) is 0 Å². The van der Waals surface area contributed by atoms with E-state index in [2.05, 4.69) is 22.9 Å². The van der Waals surface area contributed by atoms with Crippen LogP contribution >= 0.6 is 0 Å². The highest BCUT2D eigenvalue weighted by atomic mass is 19.1. The lowest BCUT2D eigenvalue weighted by Crippen LogP contribution is -2.36. The fraction of sp³-hybridized carbons (Fsp3) is 0.391. The number of ether oxygens (including phenoxy) is 1. The second kappa shape index (κ2) is 9.07. The number of benzene rings is 1. The van der Waals surface area contributed by atoms with Gasteiger partial charge in [0.1, 0.15) is 5.82 Å². The van der Waals surface area contributed by atoms with Gasteiger partial charge in [0.25, 0.3) is 5.91 Å². The van der Waals surface area contributed by atoms with E-state index in [0.29, 0.717) is 19.0 Å². The molecule has 1 saturated carbocycles. The Hall–Kier alpha value is -2.89. The zero-order valence-electron chi connectivity index (χ0n) is 17.1. The first-order chi connectivity index (χ1) is 13.8. The molecule has 3 rings (SSSR count). The molecule has 0 aliphatic heterocycles. The SMILES string of the molecule is Cc1cc(/C=C/C(=O)O[C@@H](C)C(=O)NCCc2ccc(F)cc2)c(C)n1C1CC1. The normalized spacial score (nSPS) is 14.8. The van der Waals surface area contributed by atoms with Crippen molar-refractivity contribution in [2.24, 2.45) is 0 Å². The number of halogens is 1. The molecule has 154 valence electrons. The van der Waals surface area contributed by atoms with Gasteiger partial charge in [-0.3, -0.25) is 4.79 Å². The van der Waals surface area contributed by atoms with Crippen LogP contribution in [0.25, 0.3) is 6.08 Å². The summed E-state index contributed by atoms with van der Waals surface area (Å²) in [5.74, 6) is -1.20. The zero-order valence-corrected chi connectivity index (χ0v) is 17.1. The van der Waals surface area contributed by atoms with Gasteiger partial charge in [0.15, 0.2) is 6.10 Å². The minimum Gasteiger partial charge on any atom is -0.449 e. The Morgan fingerprint density at radius 3 is 2.62 bits per heavy atom. The third-order valence-corrected chi connectivity index (χ3v) is 5.12. The van der Waals surface area contributed by atoms with Crippen LogP contribution in [0.2, 0.25) is 0 Å². The molecule has 29 heavy (non-hydrogen) atoms. The van der Waals surface area contributed by atoms with E-state index in [-0.39, 0.29) is 11.7 Å². The van der Waals surface area contributed by atoms with Crippen molar-refractivity contribution >= 4 is 18.0 Å². The maximum Gasteiger partial charge on any atom is 0.331 e. The minimum atomic E-state index is -0.890. The van der Waals surface area contributed by atoms with E-state index in [1.54, 1.807) is 18.2 Å². The third-order valence-electron chi connectivity index (χ3n) is 5.12. The van der Waals surface area contributed by atoms with Crippen molar-refractivity contribution in [1.82, 2.24) is 9.88 Å². The van der Waals surface area contributed by atoms with Crippen molar-refractivity contribution < 1.29 is 18.7 Å². The Bertz CT molecular complexity index is 911. The summed E-state index contributed by atoms with van der Waals surface area (Å²) in [6.07, 6.45) is 5.19. The number of carbonyl (C=O) groups is 2. The molecular formula is C23H27FN2O3. The summed E-state index contributed by atoms with van der Waals surface area (Å²) in [4.78, 5) is 24.2. The van der Waals surface area contributed by atoms with Crippen molar-refractivity contribution in [2.75, 3.05) is 6.54 Å². The predicted octanol–water partition coefficient (Wildman–Crippen LogP) is 3.88. The van der Waals surface area contributed by atoms with Crippen molar-refractivity contribution in [3.8, 4) is 0 Å². The van der Waals surface area contributed by atoms with E-state index in [4.69, 9.17) is 4.74 Å². The first-order valence-corrected chi connectivity index (χ1v) is 9.94. The highest BCUT2D eigenvalue weighted by Gasteiger charge is 2.26. The number of hydrogen-bond acceptors (Lipinski definition) is 3. The number of nitrogens with one attached hydrogen (secondary N) is 1. The number of amides is 1. The van der Waals surface area contributed by atoms with Gasteiger partial charge in [0, 0.05) is 30.1 Å². The Morgan fingerprint density at radius 2 is 1.97 bits per heavy atom. The average Bonchev–Trinajstić information content (AvgIpc) is 3.47. The van der Waals surface area contributed by atoms with E-state index in [1.165, 1.54) is 43.7 Å². The van der Waals surface area contributed by atoms with Gasteiger partial charge in [-0.2, -0.15) is 0 Å². The molecule has 5 nitrogen and oxygen atoms in total. The van der Waals surface area contributed by atoms with E-state index < -0.39 is 12.1 Å². The lowest BCUT2D eigenvalue weighted by atomic mass is 10.1. The number of aromatic nitrogens is 1. The molecule has 0 saturated heterocycles. The monoisotopic (exact) mass is 398 g/mol. The molecule has 2 aromatic rings. The molecule has 0 spiro atoms. The lowest BCUT2D eigenvalue weighted by Gasteiger charge is -2.12. The number of esters is 1. The van der Waals surface area contributed by atoms with Crippen LogP contribution in [0.15, 0.2) is 36.4 Å². The largest absolute Gasteiger partial charge is 0.449 e. The summed E-state index contributed by atoms with van der Waals surface area (Å²) in [5.41, 5.74) is 4.23. The van der Waals surface area contributed by atoms with E-state index in [9.17, 15) is 14.0 Å². The summed E-state index contributed by atoms with van der Waals surface area (Å²) >= 11 is 0. The summed E-state index contributed by atoms with van der Waals surface area (Å²) in [7, 11) is 0. The molecular weight excluding hydrogens is 371 g/mol. The van der Waals surface area contributed by atoms with Crippen LogP contribution in [0.4, 0.5) is 4.39 Å². The molecule has 1 aromatic heterocycles. The molecule has 6 heteroatoms. The van der Waals surface area contributed by atoms with Crippen LogP contribution in [0.5, 0.6) is 0 Å². The van der Waals surface area contributed by atoms with Gasteiger partial charge in [0.05, 0.1) is 0 Å². The third kappa shape index (κ3) is 5.56. The van der Waals surface area contributed by atoms with Gasteiger partial charge in [0.2, 0.25) is 0 Å². The fourth-order valence-electron chi connectivity index (χ4n) is 3.42. The summed E-state index contributed by atoms with van der Waals surface area (Å²) < 4.78 is 20.4. The number of nitrogens with zero attached hydrogens (tertiary/aromatic N) is 1. The molecule has 1 amide bonds. The number of carbonyl (C=O) groups excluding carboxylic acids is 2. The Labute approximate surface area is 170 Å². The molecule has 1 aliphatic carbocycles. The quantitative estimate of drug-likeness (QED) is 0.542. The summed E-state index contributed by atoms with van der Waals surface area (Å²) in [6.45, 7) is 6.04. The molecule has 1 heterocycles. The summed E-state index contributed by atoms with van der Waals surface area (Å²) in [5, 5.41) is 2.73. The van der Waals surface area contributed by atoms with Crippen LogP contribution < -0.4 is 5.32 Å². The smallest absolute Gasteiger partial charge is 0.331 e. The summed E-state index contributed by atoms with van der Waals surface area (Å²) in [6, 6.07) is 8.77. The molecule has 1 aliphatic rings. The van der Waals surface area contributed by atoms with Crippen LogP contribution in [-0.2, 0) is 20.7 Å². The van der Waals surface area contributed by atoms with Gasteiger partial charge in [-0.05, 0) is 75.4 Å². The van der Waals surface area contributed by atoms with Gasteiger partial charge in [-0.15, -0.1) is 0 Å². The number of hydrogen-bond donors (Lipinski definition) is 1. The van der Waals surface area contributed by atoms with E-state index in [1.807, 2.05) is 6.92 Å². The molecule has 1 aromatic carbocycles. The average molecular weight is 398 g/mol. The van der Waals surface area contributed by atoms with Crippen LogP contribution in [-0.4, -0.2) is 29.1 Å². The lowest BCUT2D eigenvalue weighted by molar-refractivity contribution is -0.150. The van der Waals surface area contributed by atoms with Crippen LogP contribution in [0.1, 0.15) is 48.3 Å². The number of rotatable bonds is 8. The van der Waals surface area contributed by atoms with E-state index in [0.717, 1.165) is 16.8 Å². The Kier molecular flexibility index (Phi) is 6.52. The minimum absolute atomic E-state index is 0.291. The van der Waals surface area contributed by atoms with Crippen molar-refractivity contribution in [3.63, 3.8) is 0 Å². The Morgan fingerprint density at radius 1 is 1.28 bits per heavy atom. The standard InChI is InChI=1S/C23H27FN2O3/c1-15-14-19(16(2)26(15)21-9-10-21)6-11-22(27)29-17(3)23(28)25-13-12-18-4-7-20(24)8-5-18/h4-8,11,14,17,21H,9-10,12-13H2,1-3H3,(H,25,28)/b11-6+/t17-/m0/s1. The van der Waals surface area contributed by atoms with E-state index >= 15 is 0 Å². The van der Waals surface area contributed by atoms with Gasteiger partial charge in [-0.1, -0.05) is 12.1 Å². The van der Waals surface area contributed by atoms with Crippen LogP contribution in [0, 0.1) is 19.7 Å². The first-order valence-electron chi connectivity index (χ1n) is 9.94. The molecule has 1 atom stereocenters. The highest BCUT2D eigenvalue weighted by Crippen LogP contribution is 2.38. The molecule has 1 N–H and O–H groups in total.